The normalized spacial score (nSPS) is 14.0. The molecule has 2 N–H and O–H groups in total. The van der Waals surface area contributed by atoms with Crippen LogP contribution in [0.5, 0.6) is 0 Å². The number of hydrogen-bond donors (Lipinski definition) is 2. The summed E-state index contributed by atoms with van der Waals surface area (Å²) in [7, 11) is 1.24. The maximum atomic E-state index is 13.0. The smallest absolute Gasteiger partial charge is 0.268 e. The molecule has 0 aromatic heterocycles. The van der Waals surface area contributed by atoms with Gasteiger partial charge in [-0.05, 0) is 70.6 Å². The number of aliphatic hydroxyl groups is 1. The first-order chi connectivity index (χ1) is 37.5. The van der Waals surface area contributed by atoms with E-state index in [2.05, 4.69) is 55.6 Å². The number of nitrogens with zero attached hydrogens (tertiary/aromatic N) is 1. The Morgan fingerprint density at radius 3 is 1.05 bits per heavy atom. The fourth-order valence-electron chi connectivity index (χ4n) is 10.0. The van der Waals surface area contributed by atoms with Gasteiger partial charge in [0.25, 0.3) is 7.82 Å². The van der Waals surface area contributed by atoms with Crippen molar-refractivity contribution in [2.45, 2.75) is 341 Å². The Kier molecular flexibility index (Phi) is 57.9. The van der Waals surface area contributed by atoms with Crippen LogP contribution in [0.2, 0.25) is 0 Å². The Labute approximate surface area is 479 Å². The molecule has 0 aromatic rings. The van der Waals surface area contributed by atoms with Crippen LogP contribution in [-0.4, -0.2) is 68.5 Å². The number of aliphatic hydroxyl groups excluding tert-OH is 1. The third kappa shape index (κ3) is 61.9. The fraction of sp³-hybridized carbons (Fsp3) is 0.868. The number of rotatable bonds is 62. The summed E-state index contributed by atoms with van der Waals surface area (Å²) in [6, 6.07) is -0.911. The summed E-state index contributed by atoms with van der Waals surface area (Å²) in [5.41, 5.74) is 0. The zero-order chi connectivity index (χ0) is 56.3. The number of hydrogen-bond acceptors (Lipinski definition) is 6. The van der Waals surface area contributed by atoms with E-state index in [0.29, 0.717) is 17.4 Å². The molecule has 77 heavy (non-hydrogen) atoms. The van der Waals surface area contributed by atoms with Crippen molar-refractivity contribution in [2.75, 3.05) is 40.9 Å². The van der Waals surface area contributed by atoms with Crippen LogP contribution in [0.15, 0.2) is 48.6 Å². The van der Waals surface area contributed by atoms with Crippen LogP contribution in [0.1, 0.15) is 328 Å². The van der Waals surface area contributed by atoms with Crippen LogP contribution in [0.25, 0.3) is 0 Å². The summed E-state index contributed by atoms with van der Waals surface area (Å²) in [5, 5.41) is 13.9. The van der Waals surface area contributed by atoms with E-state index in [1.165, 1.54) is 263 Å². The molecular weight excluding hydrogens is 972 g/mol. The van der Waals surface area contributed by atoms with E-state index in [-0.39, 0.29) is 12.5 Å². The van der Waals surface area contributed by atoms with Crippen LogP contribution in [0, 0.1) is 0 Å². The molecule has 1 amide bonds. The van der Waals surface area contributed by atoms with E-state index in [9.17, 15) is 19.4 Å². The summed E-state index contributed by atoms with van der Waals surface area (Å²) in [6.45, 7) is 4.67. The maximum Gasteiger partial charge on any atom is 0.268 e. The van der Waals surface area contributed by atoms with Crippen molar-refractivity contribution in [2.24, 2.45) is 0 Å². The van der Waals surface area contributed by atoms with Crippen LogP contribution >= 0.6 is 7.82 Å². The molecular formula is C68H131N2O6P. The van der Waals surface area contributed by atoms with Crippen LogP contribution in [-0.2, 0) is 18.4 Å². The Bertz CT molecular complexity index is 1390. The highest BCUT2D eigenvalue weighted by molar-refractivity contribution is 7.45. The Morgan fingerprint density at radius 2 is 0.727 bits per heavy atom. The van der Waals surface area contributed by atoms with E-state index in [1.807, 2.05) is 27.2 Å². The number of carbonyl (C=O) groups is 1. The molecule has 3 atom stereocenters. The second-order valence-electron chi connectivity index (χ2n) is 24.2. The minimum atomic E-state index is -4.61. The minimum absolute atomic E-state index is 0.00848. The lowest BCUT2D eigenvalue weighted by molar-refractivity contribution is -0.870. The van der Waals surface area contributed by atoms with Crippen molar-refractivity contribution in [3.05, 3.63) is 48.6 Å². The standard InChI is InChI=1S/C68H131N2O6P/c1-6-8-10-12-14-16-18-20-22-24-26-28-30-31-32-33-34-35-36-37-38-40-42-44-46-48-50-52-54-56-58-60-62-68(72)69-66(65-76-77(73,74)75-64-63-70(3,4)5)67(71)61-59-57-55-53-51-49-47-45-43-41-39-29-27-25-23-21-19-17-15-13-11-9-7-2/h31-32,43,45,51,53,59,61,66-67,71H,6-30,33-42,44,46-50,52,54-58,60,62-65H2,1-5H3,(H-,69,72,73,74)/b32-31-,45-43+,53-51+,61-59+. The summed E-state index contributed by atoms with van der Waals surface area (Å²) in [4.78, 5) is 25.6. The van der Waals surface area contributed by atoms with Crippen molar-refractivity contribution in [1.29, 1.82) is 0 Å². The molecule has 0 aliphatic heterocycles. The molecule has 0 fully saturated rings. The summed E-state index contributed by atoms with van der Waals surface area (Å²) >= 11 is 0. The summed E-state index contributed by atoms with van der Waals surface area (Å²) in [6.07, 6.45) is 79.5. The van der Waals surface area contributed by atoms with E-state index in [0.717, 1.165) is 44.9 Å². The second-order valence-corrected chi connectivity index (χ2v) is 25.6. The number of amides is 1. The van der Waals surface area contributed by atoms with Gasteiger partial charge in [0.15, 0.2) is 0 Å². The zero-order valence-corrected chi connectivity index (χ0v) is 52.8. The highest BCUT2D eigenvalue weighted by Gasteiger charge is 2.23. The number of phosphoric ester groups is 1. The maximum absolute atomic E-state index is 13.0. The molecule has 0 saturated carbocycles. The number of carbonyl (C=O) groups excluding carboxylic acids is 1. The predicted octanol–water partition coefficient (Wildman–Crippen LogP) is 20.4. The van der Waals surface area contributed by atoms with Crippen LogP contribution in [0.3, 0.4) is 0 Å². The topological polar surface area (TPSA) is 108 Å². The minimum Gasteiger partial charge on any atom is -0.756 e. The van der Waals surface area contributed by atoms with Crippen molar-refractivity contribution in [1.82, 2.24) is 5.32 Å². The first-order valence-corrected chi connectivity index (χ1v) is 35.0. The molecule has 454 valence electrons. The molecule has 0 spiro atoms. The largest absolute Gasteiger partial charge is 0.756 e. The van der Waals surface area contributed by atoms with E-state index < -0.39 is 26.6 Å². The van der Waals surface area contributed by atoms with Crippen molar-refractivity contribution >= 4 is 13.7 Å². The summed E-state index contributed by atoms with van der Waals surface area (Å²) in [5.74, 6) is -0.206. The highest BCUT2D eigenvalue weighted by Crippen LogP contribution is 2.38. The van der Waals surface area contributed by atoms with Gasteiger partial charge in [-0.15, -0.1) is 0 Å². The van der Waals surface area contributed by atoms with Gasteiger partial charge in [-0.2, -0.15) is 0 Å². The third-order valence-electron chi connectivity index (χ3n) is 15.2. The Balaban J connectivity index is 4.11. The lowest BCUT2D eigenvalue weighted by Gasteiger charge is -2.29. The number of phosphoric acid groups is 1. The molecule has 0 radical (unpaired) electrons. The highest BCUT2D eigenvalue weighted by atomic mass is 31.2. The Hall–Kier alpha value is -1.54. The molecule has 0 bridgehead atoms. The molecule has 0 heterocycles. The molecule has 0 aliphatic rings. The first-order valence-electron chi connectivity index (χ1n) is 33.5. The van der Waals surface area contributed by atoms with Gasteiger partial charge in [-0.1, -0.05) is 300 Å². The summed E-state index contributed by atoms with van der Waals surface area (Å²) < 4.78 is 23.4. The number of nitrogens with one attached hydrogen (secondary N) is 1. The van der Waals surface area contributed by atoms with Gasteiger partial charge in [0, 0.05) is 6.42 Å². The molecule has 0 aliphatic carbocycles. The van der Waals surface area contributed by atoms with Gasteiger partial charge in [-0.25, -0.2) is 0 Å². The number of allylic oxidation sites excluding steroid dienone is 7. The number of unbranched alkanes of at least 4 members (excludes halogenated alkanes) is 43. The fourth-order valence-corrected chi connectivity index (χ4v) is 10.7. The lowest BCUT2D eigenvalue weighted by atomic mass is 10.0. The average Bonchev–Trinajstić information content (AvgIpc) is 3.39. The molecule has 0 saturated heterocycles. The zero-order valence-electron chi connectivity index (χ0n) is 51.9. The molecule has 3 unspecified atom stereocenters. The van der Waals surface area contributed by atoms with Crippen molar-refractivity contribution < 1.29 is 32.9 Å². The van der Waals surface area contributed by atoms with Gasteiger partial charge < -0.3 is 28.8 Å². The van der Waals surface area contributed by atoms with Gasteiger partial charge in [0.2, 0.25) is 5.91 Å². The lowest BCUT2D eigenvalue weighted by Crippen LogP contribution is -2.45. The van der Waals surface area contributed by atoms with Gasteiger partial charge in [0.05, 0.1) is 39.9 Å². The van der Waals surface area contributed by atoms with E-state index in [4.69, 9.17) is 9.05 Å². The van der Waals surface area contributed by atoms with Crippen LogP contribution < -0.4 is 10.2 Å². The van der Waals surface area contributed by atoms with Gasteiger partial charge in [0.1, 0.15) is 13.2 Å². The third-order valence-corrected chi connectivity index (χ3v) is 16.2. The van der Waals surface area contributed by atoms with Gasteiger partial charge >= 0.3 is 0 Å². The number of quaternary nitrogens is 1. The predicted molar refractivity (Wildman–Crippen MR) is 334 cm³/mol. The van der Waals surface area contributed by atoms with Crippen molar-refractivity contribution in [3.63, 3.8) is 0 Å². The van der Waals surface area contributed by atoms with E-state index >= 15 is 0 Å². The van der Waals surface area contributed by atoms with Crippen molar-refractivity contribution in [3.8, 4) is 0 Å². The van der Waals surface area contributed by atoms with E-state index in [1.54, 1.807) is 6.08 Å². The first kappa shape index (κ1) is 75.5. The average molecular weight is 1100 g/mol. The number of likely N-dealkylation sites (N-methyl/N-ethyl adjacent to an activating group) is 1. The molecule has 9 heteroatoms. The van der Waals surface area contributed by atoms with Crippen LogP contribution in [0.4, 0.5) is 0 Å². The molecule has 0 aromatic carbocycles. The SMILES string of the molecule is CCCCCCCCCCCCCC/C=C\CCCCCCCCCCCCCCCCCCC(=O)NC(COP(=O)([O-])OCC[N+](C)(C)C)C(O)/C=C/CC/C=C/CC/C=C/CCCCCCCCCCCCCCC. The van der Waals surface area contributed by atoms with Gasteiger partial charge in [-0.3, -0.25) is 9.36 Å². The monoisotopic (exact) mass is 1100 g/mol. The second kappa shape index (κ2) is 59.1. The quantitative estimate of drug-likeness (QED) is 0.0272. The Morgan fingerprint density at radius 1 is 0.442 bits per heavy atom. The molecule has 8 nitrogen and oxygen atoms in total. The molecule has 0 rings (SSSR count).